The molecule has 0 bridgehead atoms. The molecule has 0 spiro atoms. The molecule has 8 nitrogen and oxygen atoms in total. The summed E-state index contributed by atoms with van der Waals surface area (Å²) in [5.74, 6) is 0. The van der Waals surface area contributed by atoms with Crippen LogP contribution in [0, 0.1) is 0 Å². The third kappa shape index (κ3) is 8.52. The summed E-state index contributed by atoms with van der Waals surface area (Å²) in [5.41, 5.74) is 3.11. The summed E-state index contributed by atoms with van der Waals surface area (Å²) in [6.45, 7) is 0.0918. The van der Waals surface area contributed by atoms with E-state index in [1.165, 1.54) is 0 Å². The molecule has 1 saturated heterocycles. The van der Waals surface area contributed by atoms with Gasteiger partial charge in [0.1, 0.15) is 30.0 Å². The normalized spacial score (nSPS) is 20.2. The number of ether oxygens (including phenoxy) is 4. The summed E-state index contributed by atoms with van der Waals surface area (Å²) in [4.78, 5) is 0. The standard InChI is InChI=1S/C40H40O8S/c1-49(42,43)48-35(29-46-40(32-21-11-4-12-22-32,33-23-13-5-14-24-33)34-25-15-6-16-26-34)36-37(44-27-30-17-7-2-8-18-30)38(39(41)47-36)45-28-31-19-9-3-10-20-31/h2-26,35-39,41H,27-29H2,1H3/t35-,36-,37+,38-,39?/m1/s1. The van der Waals surface area contributed by atoms with E-state index in [1.54, 1.807) is 0 Å². The molecule has 9 heteroatoms. The Morgan fingerprint density at radius 2 is 1.02 bits per heavy atom. The summed E-state index contributed by atoms with van der Waals surface area (Å²) in [6, 6.07) is 48.3. The molecule has 1 aliphatic heterocycles. The van der Waals surface area contributed by atoms with Crippen molar-refractivity contribution in [3.63, 3.8) is 0 Å². The van der Waals surface area contributed by atoms with Crippen molar-refractivity contribution < 1.29 is 36.7 Å². The second-order valence-electron chi connectivity index (χ2n) is 11.9. The predicted molar refractivity (Wildman–Crippen MR) is 186 cm³/mol. The lowest BCUT2D eigenvalue weighted by Gasteiger charge is -2.38. The van der Waals surface area contributed by atoms with Gasteiger partial charge in [0.05, 0.1) is 26.1 Å². The van der Waals surface area contributed by atoms with Gasteiger partial charge in [-0.25, -0.2) is 0 Å². The van der Waals surface area contributed by atoms with Crippen LogP contribution in [0.25, 0.3) is 0 Å². The van der Waals surface area contributed by atoms with Crippen LogP contribution < -0.4 is 0 Å². The van der Waals surface area contributed by atoms with Crippen molar-refractivity contribution in [2.75, 3.05) is 12.9 Å². The zero-order valence-corrected chi connectivity index (χ0v) is 28.0. The van der Waals surface area contributed by atoms with Crippen LogP contribution in [0.2, 0.25) is 0 Å². The monoisotopic (exact) mass is 680 g/mol. The van der Waals surface area contributed by atoms with Crippen LogP contribution in [0.15, 0.2) is 152 Å². The number of aliphatic hydroxyl groups excluding tert-OH is 1. The van der Waals surface area contributed by atoms with E-state index >= 15 is 0 Å². The van der Waals surface area contributed by atoms with Crippen molar-refractivity contribution in [3.05, 3.63) is 179 Å². The minimum atomic E-state index is -4.04. The van der Waals surface area contributed by atoms with Crippen LogP contribution >= 0.6 is 0 Å². The van der Waals surface area contributed by atoms with Crippen LogP contribution in [-0.2, 0) is 52.1 Å². The second-order valence-corrected chi connectivity index (χ2v) is 13.5. The Morgan fingerprint density at radius 3 is 1.43 bits per heavy atom. The minimum Gasteiger partial charge on any atom is -0.368 e. The molecule has 1 N–H and O–H groups in total. The van der Waals surface area contributed by atoms with Crippen LogP contribution in [-0.4, -0.2) is 57.1 Å². The molecule has 5 aromatic carbocycles. The van der Waals surface area contributed by atoms with E-state index in [4.69, 9.17) is 23.1 Å². The van der Waals surface area contributed by atoms with E-state index in [-0.39, 0.29) is 19.8 Å². The summed E-state index contributed by atoms with van der Waals surface area (Å²) >= 11 is 0. The molecular formula is C40H40O8S. The van der Waals surface area contributed by atoms with Gasteiger partial charge in [-0.3, -0.25) is 4.18 Å². The Labute approximate surface area is 287 Å². The Morgan fingerprint density at radius 1 is 0.633 bits per heavy atom. The van der Waals surface area contributed by atoms with E-state index in [9.17, 15) is 13.5 Å². The topological polar surface area (TPSA) is 101 Å². The van der Waals surface area contributed by atoms with Gasteiger partial charge in [0, 0.05) is 0 Å². The molecule has 5 atom stereocenters. The average Bonchev–Trinajstić information content (AvgIpc) is 3.45. The molecular weight excluding hydrogens is 640 g/mol. The van der Waals surface area contributed by atoms with Crippen LogP contribution in [0.1, 0.15) is 27.8 Å². The zero-order chi connectivity index (χ0) is 34.1. The summed E-state index contributed by atoms with van der Waals surface area (Å²) in [6.07, 6.45) is -4.65. The second kappa shape index (κ2) is 16.0. The smallest absolute Gasteiger partial charge is 0.264 e. The first-order valence-electron chi connectivity index (χ1n) is 16.2. The van der Waals surface area contributed by atoms with Gasteiger partial charge < -0.3 is 24.1 Å². The average molecular weight is 681 g/mol. The van der Waals surface area contributed by atoms with Gasteiger partial charge in [-0.2, -0.15) is 8.42 Å². The van der Waals surface area contributed by atoms with E-state index in [2.05, 4.69) is 0 Å². The van der Waals surface area contributed by atoms with Crippen molar-refractivity contribution in [1.29, 1.82) is 0 Å². The Kier molecular flexibility index (Phi) is 11.3. The highest BCUT2D eigenvalue weighted by Gasteiger charge is 2.51. The van der Waals surface area contributed by atoms with E-state index in [0.717, 1.165) is 34.1 Å². The van der Waals surface area contributed by atoms with E-state index in [0.29, 0.717) is 0 Å². The first kappa shape index (κ1) is 34.7. The summed E-state index contributed by atoms with van der Waals surface area (Å²) in [7, 11) is -4.04. The van der Waals surface area contributed by atoms with Crippen molar-refractivity contribution in [1.82, 2.24) is 0 Å². The van der Waals surface area contributed by atoms with Crippen molar-refractivity contribution in [3.8, 4) is 0 Å². The summed E-state index contributed by atoms with van der Waals surface area (Å²) < 4.78 is 57.1. The van der Waals surface area contributed by atoms with Crippen LogP contribution in [0.3, 0.4) is 0 Å². The van der Waals surface area contributed by atoms with Gasteiger partial charge in [-0.1, -0.05) is 152 Å². The maximum Gasteiger partial charge on any atom is 0.264 e. The number of rotatable bonds is 15. The predicted octanol–water partition coefficient (Wildman–Crippen LogP) is 6.23. The van der Waals surface area contributed by atoms with Crippen LogP contribution in [0.4, 0.5) is 0 Å². The fourth-order valence-corrected chi connectivity index (χ4v) is 6.86. The third-order valence-corrected chi connectivity index (χ3v) is 9.06. The summed E-state index contributed by atoms with van der Waals surface area (Å²) in [5, 5.41) is 11.2. The Hall–Kier alpha value is -4.19. The van der Waals surface area contributed by atoms with Crippen molar-refractivity contribution >= 4 is 10.1 Å². The van der Waals surface area contributed by atoms with Gasteiger partial charge in [0.25, 0.3) is 10.1 Å². The SMILES string of the molecule is CS(=O)(=O)O[C@H](COC(c1ccccc1)(c1ccccc1)c1ccccc1)[C@H]1OC(O)[C@H](OCc2ccccc2)[C@H]1OCc1ccccc1. The molecule has 254 valence electrons. The Balaban J connectivity index is 1.37. The lowest BCUT2D eigenvalue weighted by molar-refractivity contribution is -0.163. The Bertz CT molecular complexity index is 1730. The molecule has 0 saturated carbocycles. The number of hydrogen-bond acceptors (Lipinski definition) is 8. The van der Waals surface area contributed by atoms with Crippen molar-refractivity contribution in [2.24, 2.45) is 0 Å². The highest BCUT2D eigenvalue weighted by atomic mass is 32.2. The van der Waals surface area contributed by atoms with Gasteiger partial charge in [0.15, 0.2) is 6.29 Å². The molecule has 0 aromatic heterocycles. The molecule has 0 aliphatic carbocycles. The molecule has 1 unspecified atom stereocenters. The molecule has 1 heterocycles. The third-order valence-electron chi connectivity index (χ3n) is 8.47. The first-order valence-corrected chi connectivity index (χ1v) is 18.0. The van der Waals surface area contributed by atoms with Gasteiger partial charge in [-0.15, -0.1) is 0 Å². The zero-order valence-electron chi connectivity index (χ0n) is 27.2. The highest BCUT2D eigenvalue weighted by Crippen LogP contribution is 2.41. The lowest BCUT2D eigenvalue weighted by Crippen LogP contribution is -2.47. The fraction of sp³-hybridized carbons (Fsp3) is 0.250. The maximum absolute atomic E-state index is 12.8. The molecule has 1 fully saturated rings. The largest absolute Gasteiger partial charge is 0.368 e. The fourth-order valence-electron chi connectivity index (χ4n) is 6.24. The quantitative estimate of drug-likeness (QED) is 0.103. The molecule has 5 aromatic rings. The maximum atomic E-state index is 12.8. The molecule has 1 aliphatic rings. The van der Waals surface area contributed by atoms with Gasteiger partial charge in [0.2, 0.25) is 0 Å². The lowest BCUT2D eigenvalue weighted by atomic mass is 9.80. The van der Waals surface area contributed by atoms with Gasteiger partial charge >= 0.3 is 0 Å². The van der Waals surface area contributed by atoms with Crippen molar-refractivity contribution in [2.45, 2.75) is 49.5 Å². The molecule has 49 heavy (non-hydrogen) atoms. The van der Waals surface area contributed by atoms with E-state index < -0.39 is 46.4 Å². The van der Waals surface area contributed by atoms with Crippen LogP contribution in [0.5, 0.6) is 0 Å². The number of aliphatic hydroxyl groups is 1. The molecule has 0 amide bonds. The van der Waals surface area contributed by atoms with E-state index in [1.807, 2.05) is 152 Å². The molecule has 6 rings (SSSR count). The first-order chi connectivity index (χ1) is 23.8. The molecule has 0 radical (unpaired) electrons. The van der Waals surface area contributed by atoms with Gasteiger partial charge in [-0.05, 0) is 27.8 Å². The minimum absolute atomic E-state index is 0.164. The number of benzene rings is 5. The highest BCUT2D eigenvalue weighted by molar-refractivity contribution is 7.86. The number of hydrogen-bond donors (Lipinski definition) is 1.